The highest BCUT2D eigenvalue weighted by Crippen LogP contribution is 2.33. The van der Waals surface area contributed by atoms with E-state index in [4.69, 9.17) is 9.73 Å². The van der Waals surface area contributed by atoms with Gasteiger partial charge in [-0.1, -0.05) is 30.3 Å². The molecular weight excluding hydrogens is 528 g/mol. The van der Waals surface area contributed by atoms with Crippen LogP contribution in [0.5, 0.6) is 5.88 Å². The van der Waals surface area contributed by atoms with Crippen LogP contribution in [-0.4, -0.2) is 84.2 Å². The van der Waals surface area contributed by atoms with Crippen LogP contribution in [0.3, 0.4) is 0 Å². The predicted molar refractivity (Wildman–Crippen MR) is 166 cm³/mol. The van der Waals surface area contributed by atoms with E-state index in [9.17, 15) is 14.7 Å². The Labute approximate surface area is 246 Å². The van der Waals surface area contributed by atoms with E-state index in [2.05, 4.69) is 21.8 Å². The van der Waals surface area contributed by atoms with Gasteiger partial charge in [0.1, 0.15) is 0 Å². The van der Waals surface area contributed by atoms with Crippen molar-refractivity contribution in [2.75, 3.05) is 46.9 Å². The highest BCUT2D eigenvalue weighted by molar-refractivity contribution is 6.22. The topological polar surface area (TPSA) is 98.2 Å². The van der Waals surface area contributed by atoms with Gasteiger partial charge in [0.25, 0.3) is 0 Å². The monoisotopic (exact) mass is 566 g/mol. The molecule has 218 valence electrons. The van der Waals surface area contributed by atoms with Gasteiger partial charge in [0.05, 0.1) is 29.6 Å². The highest BCUT2D eigenvalue weighted by Gasteiger charge is 2.21. The van der Waals surface area contributed by atoms with Crippen LogP contribution in [-0.2, 0) is 4.74 Å². The average molecular weight is 567 g/mol. The maximum atomic E-state index is 12.9. The van der Waals surface area contributed by atoms with Gasteiger partial charge in [-0.15, -0.1) is 0 Å². The number of aromatic nitrogens is 1. The Morgan fingerprint density at radius 2 is 1.67 bits per heavy atom. The summed E-state index contributed by atoms with van der Waals surface area (Å²) in [7, 11) is 3.50. The fourth-order valence-electron chi connectivity index (χ4n) is 5.45. The Morgan fingerprint density at radius 1 is 0.952 bits per heavy atom. The molecule has 0 bridgehead atoms. The summed E-state index contributed by atoms with van der Waals surface area (Å²) in [5, 5.41) is 11.8. The summed E-state index contributed by atoms with van der Waals surface area (Å²) >= 11 is 0. The van der Waals surface area contributed by atoms with Crippen LogP contribution in [0.2, 0.25) is 0 Å². The molecular formula is C34H38N4O4. The van der Waals surface area contributed by atoms with Crippen molar-refractivity contribution in [1.82, 2.24) is 14.8 Å². The Hall–Kier alpha value is -4.27. The van der Waals surface area contributed by atoms with E-state index in [1.54, 1.807) is 6.07 Å². The zero-order valence-electron chi connectivity index (χ0n) is 24.5. The van der Waals surface area contributed by atoms with Gasteiger partial charge in [-0.2, -0.15) is 0 Å². The number of hydrogen-bond acceptors (Lipinski definition) is 7. The molecule has 0 radical (unpaired) electrons. The van der Waals surface area contributed by atoms with Crippen LogP contribution >= 0.6 is 0 Å². The third-order valence-corrected chi connectivity index (χ3v) is 7.97. The summed E-state index contributed by atoms with van der Waals surface area (Å²) in [6.45, 7) is 7.29. The van der Waals surface area contributed by atoms with Crippen molar-refractivity contribution in [3.05, 3.63) is 94.5 Å². The Kier molecular flexibility index (Phi) is 9.15. The molecule has 0 atom stereocenters. The molecule has 8 nitrogen and oxygen atoms in total. The van der Waals surface area contributed by atoms with Crippen LogP contribution in [0.4, 0.5) is 5.69 Å². The van der Waals surface area contributed by atoms with Crippen molar-refractivity contribution >= 4 is 34.1 Å². The third-order valence-electron chi connectivity index (χ3n) is 7.97. The number of fused-ring (bicyclic) bond motifs is 1. The van der Waals surface area contributed by atoms with Gasteiger partial charge in [0, 0.05) is 54.6 Å². The molecule has 0 saturated carbocycles. The zero-order chi connectivity index (χ0) is 29.6. The number of piperazine rings is 1. The number of aromatic hydroxyl groups is 1. The fourth-order valence-corrected chi connectivity index (χ4v) is 5.45. The number of aryl methyl sites for hydroxylation is 1. The van der Waals surface area contributed by atoms with Crippen LogP contribution < -0.4 is 0 Å². The van der Waals surface area contributed by atoms with Crippen molar-refractivity contribution in [2.45, 2.75) is 26.2 Å². The molecule has 0 unspecified atom stereocenters. The molecule has 5 rings (SSSR count). The van der Waals surface area contributed by atoms with E-state index < -0.39 is 5.97 Å². The summed E-state index contributed by atoms with van der Waals surface area (Å²) < 4.78 is 4.91. The lowest BCUT2D eigenvalue weighted by Crippen LogP contribution is -2.44. The maximum Gasteiger partial charge on any atom is 0.338 e. The van der Waals surface area contributed by atoms with Crippen LogP contribution in [0.1, 0.15) is 56.7 Å². The van der Waals surface area contributed by atoms with Gasteiger partial charge >= 0.3 is 5.97 Å². The van der Waals surface area contributed by atoms with Gasteiger partial charge in [0.2, 0.25) is 0 Å². The first-order valence-electron chi connectivity index (χ1n) is 14.5. The first kappa shape index (κ1) is 29.2. The summed E-state index contributed by atoms with van der Waals surface area (Å²) in [6.07, 6.45) is 2.43. The normalized spacial score (nSPS) is 14.8. The molecule has 42 heavy (non-hydrogen) atoms. The number of carbonyl (C=O) groups excluding carboxylic acids is 2. The molecule has 1 aliphatic heterocycles. The molecule has 8 heteroatoms. The number of carbonyl (C=O) groups is 2. The number of Topliss-reactive ketones (excluding diaryl/α,β-unsaturated/α-hetero) is 1. The standard InChI is InChI=1S/C34H38N4O4/c1-23-21-28-29(22-27(23)34(41)42-3)36-33(40)31(28)32(25-9-5-4-6-10-25)35-26-14-12-24(13-15-26)30(39)11-7-8-16-38-19-17-37(2)18-20-38/h4-6,9-10,12-15,21-22,36,40H,7-8,11,16-20H2,1-3H3. The SMILES string of the molecule is COC(=O)c1cc2[nH]c(O)c(C(=Nc3ccc(C(=O)CCCCN4CCN(C)CC4)cc3)c3ccccc3)c2cc1C. The predicted octanol–water partition coefficient (Wildman–Crippen LogP) is 5.74. The lowest BCUT2D eigenvalue weighted by Gasteiger charge is -2.32. The number of unbranched alkanes of at least 4 members (excludes halogenated alkanes) is 1. The van der Waals surface area contributed by atoms with Crippen molar-refractivity contribution in [3.63, 3.8) is 0 Å². The summed E-state index contributed by atoms with van der Waals surface area (Å²) in [5.41, 5.74) is 5.04. The van der Waals surface area contributed by atoms with Gasteiger partial charge in [-0.05, 0) is 75.3 Å². The molecule has 0 spiro atoms. The number of rotatable bonds is 10. The number of likely N-dealkylation sites (N-methyl/N-ethyl adjacent to an activating group) is 1. The molecule has 3 aromatic carbocycles. The van der Waals surface area contributed by atoms with Gasteiger partial charge < -0.3 is 24.6 Å². The summed E-state index contributed by atoms with van der Waals surface area (Å²) in [6, 6.07) is 20.5. The largest absolute Gasteiger partial charge is 0.494 e. The number of ketones is 1. The maximum absolute atomic E-state index is 12.9. The lowest BCUT2D eigenvalue weighted by molar-refractivity contribution is 0.0600. The Bertz CT molecular complexity index is 1580. The third kappa shape index (κ3) is 6.61. The molecule has 0 aliphatic carbocycles. The number of ether oxygens (including phenoxy) is 1. The first-order valence-corrected chi connectivity index (χ1v) is 14.5. The number of esters is 1. The Balaban J connectivity index is 1.36. The highest BCUT2D eigenvalue weighted by atomic mass is 16.5. The molecule has 1 fully saturated rings. The quantitative estimate of drug-likeness (QED) is 0.110. The van der Waals surface area contributed by atoms with E-state index in [1.807, 2.05) is 67.6 Å². The van der Waals surface area contributed by atoms with Crippen LogP contribution in [0.25, 0.3) is 10.9 Å². The molecule has 1 aromatic heterocycles. The molecule has 2 N–H and O–H groups in total. The fraction of sp³-hybridized carbons (Fsp3) is 0.324. The Morgan fingerprint density at radius 3 is 2.36 bits per heavy atom. The average Bonchev–Trinajstić information content (AvgIpc) is 3.32. The smallest absolute Gasteiger partial charge is 0.338 e. The number of hydrogen-bond donors (Lipinski definition) is 2. The minimum Gasteiger partial charge on any atom is -0.494 e. The van der Waals surface area contributed by atoms with E-state index in [-0.39, 0.29) is 11.7 Å². The first-order chi connectivity index (χ1) is 20.3. The van der Waals surface area contributed by atoms with Crippen molar-refractivity contribution in [3.8, 4) is 5.88 Å². The lowest BCUT2D eigenvalue weighted by atomic mass is 9.98. The minimum atomic E-state index is -0.438. The molecule has 1 saturated heterocycles. The van der Waals surface area contributed by atoms with E-state index in [0.717, 1.165) is 62.1 Å². The zero-order valence-corrected chi connectivity index (χ0v) is 24.5. The second-order valence-corrected chi connectivity index (χ2v) is 11.0. The van der Waals surface area contributed by atoms with Gasteiger partial charge in [-0.3, -0.25) is 4.79 Å². The number of methoxy groups -OCH3 is 1. The number of benzene rings is 3. The number of nitrogens with one attached hydrogen (secondary N) is 1. The second kappa shape index (κ2) is 13.1. The van der Waals surface area contributed by atoms with Gasteiger partial charge in [-0.25, -0.2) is 9.79 Å². The molecule has 1 aliphatic rings. The molecule has 0 amide bonds. The number of aliphatic imine (C=N–C) groups is 1. The van der Waals surface area contributed by atoms with Crippen LogP contribution in [0.15, 0.2) is 71.7 Å². The van der Waals surface area contributed by atoms with Crippen LogP contribution in [0, 0.1) is 6.92 Å². The number of nitrogens with zero attached hydrogens (tertiary/aromatic N) is 3. The van der Waals surface area contributed by atoms with E-state index >= 15 is 0 Å². The summed E-state index contributed by atoms with van der Waals surface area (Å²) in [4.78, 5) is 37.9. The summed E-state index contributed by atoms with van der Waals surface area (Å²) in [5.74, 6) is -0.345. The van der Waals surface area contributed by atoms with Crippen molar-refractivity contribution < 1.29 is 19.4 Å². The number of H-pyrrole nitrogens is 1. The second-order valence-electron chi connectivity index (χ2n) is 11.0. The van der Waals surface area contributed by atoms with Crippen molar-refractivity contribution in [2.24, 2.45) is 4.99 Å². The van der Waals surface area contributed by atoms with Crippen molar-refractivity contribution in [1.29, 1.82) is 0 Å². The molecule has 2 heterocycles. The van der Waals surface area contributed by atoms with E-state index in [1.165, 1.54) is 7.11 Å². The molecule has 4 aromatic rings. The minimum absolute atomic E-state index is 0.0441. The number of aromatic amines is 1. The van der Waals surface area contributed by atoms with E-state index in [0.29, 0.717) is 40.0 Å². The van der Waals surface area contributed by atoms with Gasteiger partial charge in [0.15, 0.2) is 11.7 Å².